The van der Waals surface area contributed by atoms with Gasteiger partial charge in [-0.25, -0.2) is 0 Å². The van der Waals surface area contributed by atoms with Crippen molar-refractivity contribution in [1.82, 2.24) is 14.3 Å². The zero-order valence-corrected chi connectivity index (χ0v) is 23.0. The number of allylic oxidation sites excluding steroid dienone is 1. The number of benzene rings is 2. The summed E-state index contributed by atoms with van der Waals surface area (Å²) in [6.07, 6.45) is 9.97. The van der Waals surface area contributed by atoms with Crippen LogP contribution in [-0.4, -0.2) is 39.3 Å². The van der Waals surface area contributed by atoms with Crippen LogP contribution in [-0.2, 0) is 11.3 Å². The fourth-order valence-electron chi connectivity index (χ4n) is 5.93. The number of carboxylic acid groups (broad SMARTS) is 1. The molecular formula is C32H35N3O4. The maximum absolute atomic E-state index is 11.8. The molecule has 0 saturated heterocycles. The number of hydrogen-bond acceptors (Lipinski definition) is 4. The minimum absolute atomic E-state index is 0.250. The second kappa shape index (κ2) is 10.9. The van der Waals surface area contributed by atoms with Gasteiger partial charge >= 0.3 is 0 Å². The van der Waals surface area contributed by atoms with Gasteiger partial charge in [0.2, 0.25) is 0 Å². The molecule has 1 aliphatic carbocycles. The molecule has 4 aromatic rings. The third-order valence-corrected chi connectivity index (χ3v) is 8.24. The topological polar surface area (TPSA) is 86.4 Å². The lowest BCUT2D eigenvalue weighted by atomic mass is 9.90. The highest BCUT2D eigenvalue weighted by Gasteiger charge is 2.30. The van der Waals surface area contributed by atoms with Crippen LogP contribution in [0.15, 0.2) is 42.6 Å². The Morgan fingerprint density at radius 2 is 1.92 bits per heavy atom. The van der Waals surface area contributed by atoms with E-state index in [-0.39, 0.29) is 6.47 Å². The van der Waals surface area contributed by atoms with E-state index in [9.17, 15) is 4.79 Å². The summed E-state index contributed by atoms with van der Waals surface area (Å²) >= 11 is 0. The van der Waals surface area contributed by atoms with E-state index >= 15 is 0 Å². The summed E-state index contributed by atoms with van der Waals surface area (Å²) in [4.78, 5) is 20.1. The van der Waals surface area contributed by atoms with Gasteiger partial charge in [0, 0.05) is 22.0 Å². The van der Waals surface area contributed by atoms with Gasteiger partial charge in [-0.15, -0.1) is 0 Å². The Kier molecular flexibility index (Phi) is 7.42. The molecule has 0 spiro atoms. The molecule has 0 amide bonds. The van der Waals surface area contributed by atoms with Gasteiger partial charge in [-0.05, 0) is 91.1 Å². The number of ether oxygens (including phenoxy) is 1. The molecule has 1 atom stereocenters. The van der Waals surface area contributed by atoms with Crippen LogP contribution in [0, 0.1) is 6.92 Å². The molecular weight excluding hydrogens is 490 g/mol. The predicted octanol–water partition coefficient (Wildman–Crippen LogP) is 7.13. The normalized spacial score (nSPS) is 15.1. The quantitative estimate of drug-likeness (QED) is 0.271. The minimum atomic E-state index is -0.250. The molecule has 1 saturated carbocycles. The van der Waals surface area contributed by atoms with Crippen molar-refractivity contribution < 1.29 is 19.4 Å². The minimum Gasteiger partial charge on any atom is -0.497 e. The first-order valence-electron chi connectivity index (χ1n) is 13.6. The highest BCUT2D eigenvalue weighted by molar-refractivity contribution is 6.00. The molecule has 6 rings (SSSR count). The highest BCUT2D eigenvalue weighted by atomic mass is 16.5. The Labute approximate surface area is 228 Å². The van der Waals surface area contributed by atoms with E-state index < -0.39 is 0 Å². The van der Waals surface area contributed by atoms with Crippen LogP contribution >= 0.6 is 0 Å². The first-order chi connectivity index (χ1) is 18.9. The van der Waals surface area contributed by atoms with Crippen LogP contribution in [0.1, 0.15) is 84.2 Å². The Morgan fingerprint density at radius 3 is 2.56 bits per heavy atom. The first kappa shape index (κ1) is 26.5. The third kappa shape index (κ3) is 4.56. The molecule has 1 fully saturated rings. The van der Waals surface area contributed by atoms with Crippen LogP contribution < -0.4 is 4.74 Å². The molecule has 39 heavy (non-hydrogen) atoms. The van der Waals surface area contributed by atoms with Gasteiger partial charge < -0.3 is 14.4 Å². The number of rotatable bonds is 6. The van der Waals surface area contributed by atoms with Crippen molar-refractivity contribution >= 4 is 35.3 Å². The number of nitrogens with zero attached hydrogens (tertiary/aromatic N) is 3. The number of hydrogen-bond donors (Lipinski definition) is 1. The van der Waals surface area contributed by atoms with Crippen molar-refractivity contribution in [1.29, 1.82) is 0 Å². The van der Waals surface area contributed by atoms with Gasteiger partial charge in [-0.2, -0.15) is 5.10 Å². The van der Waals surface area contributed by atoms with Crippen LogP contribution in [0.4, 0.5) is 0 Å². The summed E-state index contributed by atoms with van der Waals surface area (Å²) in [5, 5.41) is 12.9. The molecule has 2 aromatic heterocycles. The molecule has 3 heterocycles. The van der Waals surface area contributed by atoms with Crippen LogP contribution in [0.25, 0.3) is 33.8 Å². The summed E-state index contributed by atoms with van der Waals surface area (Å²) < 4.78 is 10.3. The molecule has 2 aliphatic rings. The van der Waals surface area contributed by atoms with Gasteiger partial charge in [0.15, 0.2) is 0 Å². The smallest absolute Gasteiger partial charge is 0.290 e. The maximum atomic E-state index is 11.8. The van der Waals surface area contributed by atoms with E-state index in [0.717, 1.165) is 36.1 Å². The van der Waals surface area contributed by atoms with E-state index in [1.165, 1.54) is 58.3 Å². The Hall–Kier alpha value is -4.13. The molecule has 202 valence electrons. The Bertz CT molecular complexity index is 1570. The lowest BCUT2D eigenvalue weighted by Crippen LogP contribution is -2.21. The number of aldehydes is 1. The highest BCUT2D eigenvalue weighted by Crippen LogP contribution is 2.46. The second-order valence-corrected chi connectivity index (χ2v) is 10.5. The number of aromatic nitrogens is 3. The number of fused-ring (bicyclic) bond motifs is 5. The van der Waals surface area contributed by atoms with Crippen molar-refractivity contribution in [3.05, 3.63) is 70.5 Å². The Morgan fingerprint density at radius 1 is 1.15 bits per heavy atom. The van der Waals surface area contributed by atoms with Gasteiger partial charge in [-0.3, -0.25) is 14.3 Å². The van der Waals surface area contributed by atoms with E-state index in [2.05, 4.69) is 66.4 Å². The van der Waals surface area contributed by atoms with Crippen molar-refractivity contribution in [2.75, 3.05) is 7.11 Å². The molecule has 1 N–H and O–H groups in total. The van der Waals surface area contributed by atoms with Crippen molar-refractivity contribution in [3.63, 3.8) is 0 Å². The fraction of sp³-hybridized carbons (Fsp3) is 0.344. The van der Waals surface area contributed by atoms with E-state index in [1.807, 2.05) is 12.3 Å². The van der Waals surface area contributed by atoms with Crippen LogP contribution in [0.3, 0.4) is 0 Å². The standard InChI is InChI=1S/C31H33N3O2.CH2O2/c1-5-19(2)29-27-11-9-21(18-35)13-28(27)33-17-23(30-20(3)16-32-34(30)24-7-6-8-24)14-22-15-25(36-4)10-12-26(22)31(29)33;2-1-3/h9-16,18-19,24H,5-8,17H2,1-4H3;1H,(H,2,3). The number of aryl methyl sites for hydroxylation is 1. The molecule has 1 unspecified atom stereocenters. The molecule has 7 nitrogen and oxygen atoms in total. The molecule has 1 aliphatic heterocycles. The maximum Gasteiger partial charge on any atom is 0.290 e. The Balaban J connectivity index is 0.000000983. The average Bonchev–Trinajstić information content (AvgIpc) is 3.38. The summed E-state index contributed by atoms with van der Waals surface area (Å²) in [5.41, 5.74) is 10.5. The molecule has 7 heteroatoms. The number of carbonyl (C=O) groups is 2. The van der Waals surface area contributed by atoms with E-state index in [0.29, 0.717) is 17.5 Å². The van der Waals surface area contributed by atoms with Crippen molar-refractivity contribution in [2.45, 2.75) is 65.0 Å². The summed E-state index contributed by atoms with van der Waals surface area (Å²) in [7, 11) is 1.72. The van der Waals surface area contributed by atoms with E-state index in [1.54, 1.807) is 7.11 Å². The zero-order chi connectivity index (χ0) is 27.7. The largest absolute Gasteiger partial charge is 0.497 e. The molecule has 2 aromatic carbocycles. The lowest BCUT2D eigenvalue weighted by Gasteiger charge is -2.28. The summed E-state index contributed by atoms with van der Waals surface area (Å²) in [6, 6.07) is 13.0. The van der Waals surface area contributed by atoms with Gasteiger partial charge in [0.05, 0.1) is 37.3 Å². The number of methoxy groups -OCH3 is 1. The van der Waals surface area contributed by atoms with Crippen molar-refractivity contribution in [3.8, 4) is 17.0 Å². The fourth-order valence-corrected chi connectivity index (χ4v) is 5.93. The van der Waals surface area contributed by atoms with Gasteiger partial charge in [0.25, 0.3) is 6.47 Å². The predicted molar refractivity (Wildman–Crippen MR) is 154 cm³/mol. The monoisotopic (exact) mass is 525 g/mol. The average molecular weight is 526 g/mol. The summed E-state index contributed by atoms with van der Waals surface area (Å²) in [6.45, 7) is 7.19. The molecule has 0 bridgehead atoms. The lowest BCUT2D eigenvalue weighted by molar-refractivity contribution is -0.122. The second-order valence-electron chi connectivity index (χ2n) is 10.5. The van der Waals surface area contributed by atoms with Crippen molar-refractivity contribution in [2.24, 2.45) is 0 Å². The van der Waals surface area contributed by atoms with Crippen LogP contribution in [0.5, 0.6) is 5.75 Å². The van der Waals surface area contributed by atoms with E-state index in [4.69, 9.17) is 19.7 Å². The first-order valence-corrected chi connectivity index (χ1v) is 13.6. The van der Waals surface area contributed by atoms with Gasteiger partial charge in [0.1, 0.15) is 12.0 Å². The van der Waals surface area contributed by atoms with Gasteiger partial charge in [-0.1, -0.05) is 26.0 Å². The summed E-state index contributed by atoms with van der Waals surface area (Å²) in [5.74, 6) is 1.23. The molecule has 0 radical (unpaired) electrons. The van der Waals surface area contributed by atoms with Crippen LogP contribution in [0.2, 0.25) is 0 Å². The SMILES string of the molecule is CCC(C)c1c2n(c3cc(C=O)ccc13)CC(c1c(C)cnn1C1CCC1)=Cc1cc(OC)ccc1-2.O=CO. The zero-order valence-electron chi connectivity index (χ0n) is 23.0. The number of carbonyl (C=O) groups excluding carboxylic acids is 1. The third-order valence-electron chi connectivity index (χ3n) is 8.24.